The van der Waals surface area contributed by atoms with Gasteiger partial charge in [0.25, 0.3) is 5.91 Å². The number of hydrogen-bond acceptors (Lipinski definition) is 6. The summed E-state index contributed by atoms with van der Waals surface area (Å²) in [7, 11) is 1.63. The first-order chi connectivity index (χ1) is 17.9. The minimum atomic E-state index is -0.324. The van der Waals surface area contributed by atoms with Gasteiger partial charge in [0.2, 0.25) is 5.91 Å². The van der Waals surface area contributed by atoms with Crippen molar-refractivity contribution in [2.45, 2.75) is 82.5 Å². The van der Waals surface area contributed by atoms with E-state index >= 15 is 0 Å². The quantitative estimate of drug-likeness (QED) is 0.309. The van der Waals surface area contributed by atoms with Gasteiger partial charge in [-0.05, 0) is 81.8 Å². The highest BCUT2D eigenvalue weighted by atomic mass is 79.9. The number of pyridine rings is 2. The molecule has 0 spiro atoms. The summed E-state index contributed by atoms with van der Waals surface area (Å²) in [6.07, 6.45) is 11.2. The lowest BCUT2D eigenvalue weighted by atomic mass is 10.1. The Labute approximate surface area is 236 Å². The highest BCUT2D eigenvalue weighted by Gasteiger charge is 2.26. The Balaban J connectivity index is 0.000000206. The van der Waals surface area contributed by atoms with E-state index in [4.69, 9.17) is 5.73 Å². The zero-order chi connectivity index (χ0) is 26.6. The third-order valence-electron chi connectivity index (χ3n) is 6.71. The topological polar surface area (TPSA) is 114 Å². The number of primary amides is 1. The first-order valence-electron chi connectivity index (χ1n) is 12.9. The predicted molar refractivity (Wildman–Crippen MR) is 153 cm³/mol. The fourth-order valence-corrected chi connectivity index (χ4v) is 5.65. The van der Waals surface area contributed by atoms with Crippen LogP contribution in [0.25, 0.3) is 0 Å². The number of halogens is 2. The zero-order valence-corrected chi connectivity index (χ0v) is 24.5. The summed E-state index contributed by atoms with van der Waals surface area (Å²) in [5.41, 5.74) is 7.24. The van der Waals surface area contributed by atoms with Crippen molar-refractivity contribution in [3.8, 4) is 0 Å². The van der Waals surface area contributed by atoms with Crippen molar-refractivity contribution in [3.05, 3.63) is 57.0 Å². The summed E-state index contributed by atoms with van der Waals surface area (Å²) < 4.78 is 1.58. The number of nitrogens with two attached hydrogens (primary N) is 1. The van der Waals surface area contributed by atoms with Gasteiger partial charge in [0.05, 0.1) is 24.5 Å². The Morgan fingerprint density at radius 1 is 1.03 bits per heavy atom. The number of aliphatic imine (C=N–C) groups is 1. The smallest absolute Gasteiger partial charge is 0.265 e. The third kappa shape index (κ3) is 9.90. The van der Waals surface area contributed by atoms with Crippen molar-refractivity contribution in [1.29, 1.82) is 0 Å². The van der Waals surface area contributed by atoms with Gasteiger partial charge in [0, 0.05) is 31.2 Å². The summed E-state index contributed by atoms with van der Waals surface area (Å²) in [5, 5.41) is 3.35. The Kier molecular flexibility index (Phi) is 12.1. The maximum Gasteiger partial charge on any atom is 0.265 e. The van der Waals surface area contributed by atoms with E-state index in [9.17, 15) is 9.59 Å². The second kappa shape index (κ2) is 15.3. The van der Waals surface area contributed by atoms with Gasteiger partial charge in [-0.15, -0.1) is 0 Å². The fraction of sp³-hybridized carbons (Fsp3) is 0.519. The molecule has 0 aliphatic heterocycles. The number of hydrogen-bond donors (Lipinski definition) is 2. The van der Waals surface area contributed by atoms with Gasteiger partial charge < -0.3 is 16.0 Å². The second-order valence-corrected chi connectivity index (χ2v) is 11.1. The van der Waals surface area contributed by atoms with E-state index < -0.39 is 0 Å². The van der Waals surface area contributed by atoms with Crippen molar-refractivity contribution in [1.82, 2.24) is 20.2 Å². The Morgan fingerprint density at radius 3 is 2.16 bits per heavy atom. The molecule has 2 aliphatic carbocycles. The molecule has 0 aromatic carbocycles. The van der Waals surface area contributed by atoms with Crippen LogP contribution in [0.1, 0.15) is 62.8 Å². The average Bonchev–Trinajstić information content (AvgIpc) is 3.57. The van der Waals surface area contributed by atoms with Crippen LogP contribution in [-0.4, -0.2) is 58.1 Å². The largest absolute Gasteiger partial charge is 0.368 e. The van der Waals surface area contributed by atoms with Gasteiger partial charge in [-0.25, -0.2) is 9.97 Å². The van der Waals surface area contributed by atoms with Gasteiger partial charge in [0.15, 0.2) is 0 Å². The first kappa shape index (κ1) is 29.4. The molecule has 0 bridgehead atoms. The summed E-state index contributed by atoms with van der Waals surface area (Å²) in [4.78, 5) is 38.1. The van der Waals surface area contributed by atoms with E-state index in [2.05, 4.69) is 52.1 Å². The summed E-state index contributed by atoms with van der Waals surface area (Å²) in [6.45, 7) is 0.551. The molecule has 2 heterocycles. The van der Waals surface area contributed by atoms with Crippen molar-refractivity contribution in [3.63, 3.8) is 0 Å². The minimum Gasteiger partial charge on any atom is -0.368 e. The zero-order valence-electron chi connectivity index (χ0n) is 21.3. The Bertz CT molecular complexity index is 1050. The van der Waals surface area contributed by atoms with E-state index in [1.807, 2.05) is 41.3 Å². The van der Waals surface area contributed by atoms with Crippen LogP contribution in [0, 0.1) is 0 Å². The van der Waals surface area contributed by atoms with Crippen LogP contribution in [-0.2, 0) is 22.6 Å². The molecule has 2 saturated carbocycles. The van der Waals surface area contributed by atoms with Crippen LogP contribution >= 0.6 is 31.9 Å². The average molecular weight is 636 g/mol. The van der Waals surface area contributed by atoms with Crippen molar-refractivity contribution in [2.24, 2.45) is 10.7 Å². The van der Waals surface area contributed by atoms with Crippen molar-refractivity contribution in [2.75, 3.05) is 7.05 Å². The molecule has 2 aromatic heterocycles. The fourth-order valence-electron chi connectivity index (χ4n) is 4.89. The summed E-state index contributed by atoms with van der Waals surface area (Å²) >= 11 is 6.69. The highest BCUT2D eigenvalue weighted by molar-refractivity contribution is 9.10. The van der Waals surface area contributed by atoms with Gasteiger partial charge in [0.1, 0.15) is 9.21 Å². The summed E-state index contributed by atoms with van der Waals surface area (Å²) in [6, 6.07) is 11.9. The van der Waals surface area contributed by atoms with Crippen LogP contribution < -0.4 is 11.1 Å². The normalized spacial score (nSPS) is 16.9. The highest BCUT2D eigenvalue weighted by Crippen LogP contribution is 2.25. The Hall–Kier alpha value is -2.17. The molecule has 3 N–H and O–H groups in total. The molecule has 0 unspecified atom stereocenters. The summed E-state index contributed by atoms with van der Waals surface area (Å²) in [5.74, 6) is -0.320. The van der Waals surface area contributed by atoms with E-state index in [0.717, 1.165) is 46.3 Å². The van der Waals surface area contributed by atoms with Gasteiger partial charge in [-0.2, -0.15) is 0 Å². The molecule has 37 heavy (non-hydrogen) atoms. The molecular formula is C27H36Br2N6O2. The van der Waals surface area contributed by atoms with Gasteiger partial charge >= 0.3 is 0 Å². The number of nitrogens with one attached hydrogen (secondary N) is 1. The lowest BCUT2D eigenvalue weighted by Crippen LogP contribution is -2.47. The first-order valence-corrected chi connectivity index (χ1v) is 14.4. The van der Waals surface area contributed by atoms with Crippen molar-refractivity contribution < 1.29 is 9.59 Å². The van der Waals surface area contributed by atoms with Crippen LogP contribution in [0.4, 0.5) is 0 Å². The van der Waals surface area contributed by atoms with Gasteiger partial charge in [-0.1, -0.05) is 37.8 Å². The van der Waals surface area contributed by atoms with Gasteiger partial charge in [-0.3, -0.25) is 14.6 Å². The number of amides is 2. The number of carbonyl (C=O) groups excluding carboxylic acids is 2. The molecule has 4 rings (SSSR count). The molecule has 10 heteroatoms. The van der Waals surface area contributed by atoms with Crippen LogP contribution in [0.15, 0.2) is 50.6 Å². The second-order valence-electron chi connectivity index (χ2n) is 9.50. The monoisotopic (exact) mass is 634 g/mol. The SMILES string of the molecule is CN=CC(=O)N(Cc1cccc(Br)n1)C1CCCC1.NC(=O)[C@H](Cc1cccc(Br)n1)NC1CCCC1. The standard InChI is InChI=1S/C14H18BrN3O.C13H18BrN3O/c1-16-9-14(19)18(12-6-2-3-7-12)10-11-5-4-8-13(15)17-11;14-12-7-3-6-10(17-12)8-11(13(15)18)16-9-4-1-2-5-9/h4-5,8-9,12H,2-3,6-7,10H2,1H3;3,6-7,9,11,16H,1-2,4-5,8H2,(H2,15,18)/t;11-/m.0/s1. The number of nitrogens with zero attached hydrogens (tertiary/aromatic N) is 4. The lowest BCUT2D eigenvalue weighted by Gasteiger charge is -2.27. The van der Waals surface area contributed by atoms with E-state index in [-0.39, 0.29) is 17.9 Å². The predicted octanol–water partition coefficient (Wildman–Crippen LogP) is 4.59. The van der Waals surface area contributed by atoms with Crippen LogP contribution in [0.2, 0.25) is 0 Å². The van der Waals surface area contributed by atoms with E-state index in [1.165, 1.54) is 31.9 Å². The molecule has 2 aliphatic rings. The maximum absolute atomic E-state index is 12.2. The number of aromatic nitrogens is 2. The lowest BCUT2D eigenvalue weighted by molar-refractivity contribution is -0.126. The molecule has 2 fully saturated rings. The maximum atomic E-state index is 12.2. The van der Waals surface area contributed by atoms with E-state index in [0.29, 0.717) is 25.0 Å². The van der Waals surface area contributed by atoms with Crippen molar-refractivity contribution >= 4 is 49.9 Å². The molecule has 0 radical (unpaired) electrons. The van der Waals surface area contributed by atoms with Crippen LogP contribution in [0.3, 0.4) is 0 Å². The minimum absolute atomic E-state index is 0.0174. The third-order valence-corrected chi connectivity index (χ3v) is 7.60. The molecule has 1 atom stereocenters. The molecule has 2 aromatic rings. The van der Waals surface area contributed by atoms with Crippen LogP contribution in [0.5, 0.6) is 0 Å². The molecule has 200 valence electrons. The number of rotatable bonds is 9. The molecule has 0 saturated heterocycles. The molecular weight excluding hydrogens is 600 g/mol. The Morgan fingerprint density at radius 2 is 1.59 bits per heavy atom. The molecule has 8 nitrogen and oxygen atoms in total. The molecule has 2 amide bonds. The number of carbonyl (C=O) groups is 2. The van der Waals surface area contributed by atoms with E-state index in [1.54, 1.807) is 7.05 Å².